The molecule has 3 N–H and O–H groups in total. The van der Waals surface area contributed by atoms with Crippen LogP contribution in [0.1, 0.15) is 37.5 Å². The molecule has 0 aliphatic rings. The summed E-state index contributed by atoms with van der Waals surface area (Å²) < 4.78 is 1.69. The molecule has 0 bridgehead atoms. The number of hydrogen-bond acceptors (Lipinski definition) is 4. The lowest BCUT2D eigenvalue weighted by Gasteiger charge is -2.23. The Kier molecular flexibility index (Phi) is 8.02. The molecule has 7 nitrogen and oxygen atoms in total. The van der Waals surface area contributed by atoms with Gasteiger partial charge in [0.1, 0.15) is 5.60 Å². The van der Waals surface area contributed by atoms with Gasteiger partial charge in [-0.25, -0.2) is 4.99 Å². The van der Waals surface area contributed by atoms with Crippen molar-refractivity contribution in [2.75, 3.05) is 26.7 Å². The molecule has 1 unspecified atom stereocenters. The van der Waals surface area contributed by atoms with Gasteiger partial charge in [-0.2, -0.15) is 5.10 Å². The van der Waals surface area contributed by atoms with Gasteiger partial charge in [0.15, 0.2) is 5.96 Å². The molecular weight excluding hydrogens is 352 g/mol. The van der Waals surface area contributed by atoms with E-state index >= 15 is 0 Å². The zero-order chi connectivity index (χ0) is 20.6. The second kappa shape index (κ2) is 10.2. The van der Waals surface area contributed by atoms with Crippen molar-refractivity contribution in [2.24, 2.45) is 12.0 Å². The van der Waals surface area contributed by atoms with E-state index in [1.807, 2.05) is 20.2 Å². The summed E-state index contributed by atoms with van der Waals surface area (Å²) >= 11 is 0. The maximum Gasteiger partial charge on any atom is 0.191 e. The summed E-state index contributed by atoms with van der Waals surface area (Å²) in [5, 5.41) is 21.4. The number of rotatable bonds is 9. The molecule has 2 rings (SSSR count). The molecule has 154 valence electrons. The Bertz CT molecular complexity index is 768. The third kappa shape index (κ3) is 6.65. The summed E-state index contributed by atoms with van der Waals surface area (Å²) in [6.07, 6.45) is 3.51. The van der Waals surface area contributed by atoms with Crippen molar-refractivity contribution in [1.82, 2.24) is 25.3 Å². The Morgan fingerprint density at radius 1 is 1.29 bits per heavy atom. The second-order valence-electron chi connectivity index (χ2n) is 7.38. The topological polar surface area (TPSA) is 77.7 Å². The van der Waals surface area contributed by atoms with Gasteiger partial charge in [-0.1, -0.05) is 31.2 Å². The van der Waals surface area contributed by atoms with Crippen molar-refractivity contribution in [1.29, 1.82) is 0 Å². The SMILES string of the molecule is CCNC(=NCc1cccc(CN(C)CC)c1)NCC(C)(O)c1cnn(C)c1. The molecule has 0 saturated heterocycles. The van der Waals surface area contributed by atoms with Crippen molar-refractivity contribution in [3.05, 3.63) is 53.3 Å². The van der Waals surface area contributed by atoms with E-state index in [2.05, 4.69) is 63.9 Å². The lowest BCUT2D eigenvalue weighted by atomic mass is 10.00. The number of hydrogen-bond donors (Lipinski definition) is 3. The molecule has 0 aliphatic carbocycles. The number of nitrogens with zero attached hydrogens (tertiary/aromatic N) is 4. The molecule has 0 fully saturated rings. The molecule has 1 aromatic carbocycles. The Hall–Kier alpha value is -2.38. The minimum Gasteiger partial charge on any atom is -0.383 e. The molecule has 1 atom stereocenters. The van der Waals surface area contributed by atoms with E-state index in [9.17, 15) is 5.11 Å². The van der Waals surface area contributed by atoms with Crippen molar-refractivity contribution < 1.29 is 5.11 Å². The Labute approximate surface area is 168 Å². The van der Waals surface area contributed by atoms with Crippen LogP contribution in [0, 0.1) is 0 Å². The number of benzene rings is 1. The first-order valence-corrected chi connectivity index (χ1v) is 9.84. The van der Waals surface area contributed by atoms with Crippen molar-refractivity contribution >= 4 is 5.96 Å². The van der Waals surface area contributed by atoms with E-state index in [1.54, 1.807) is 17.8 Å². The van der Waals surface area contributed by atoms with Crippen LogP contribution in [-0.2, 0) is 25.7 Å². The zero-order valence-electron chi connectivity index (χ0n) is 17.7. The standard InChI is InChI=1S/C21H34N6O/c1-6-22-20(24-16-21(3,28)19-13-25-27(5)15-19)23-12-17-9-8-10-18(11-17)14-26(4)7-2/h8-11,13,15,28H,6-7,12,14,16H2,1-5H3,(H2,22,23,24). The van der Waals surface area contributed by atoms with E-state index in [-0.39, 0.29) is 0 Å². The highest BCUT2D eigenvalue weighted by molar-refractivity contribution is 5.79. The molecule has 7 heteroatoms. The highest BCUT2D eigenvalue weighted by atomic mass is 16.3. The first-order valence-electron chi connectivity index (χ1n) is 9.84. The van der Waals surface area contributed by atoms with E-state index < -0.39 is 5.60 Å². The predicted molar refractivity (Wildman–Crippen MR) is 114 cm³/mol. The lowest BCUT2D eigenvalue weighted by molar-refractivity contribution is 0.0616. The van der Waals surface area contributed by atoms with Crippen LogP contribution < -0.4 is 10.6 Å². The maximum absolute atomic E-state index is 10.7. The molecule has 0 spiro atoms. The Balaban J connectivity index is 2.01. The number of aliphatic hydroxyl groups is 1. The Morgan fingerprint density at radius 3 is 2.68 bits per heavy atom. The fourth-order valence-electron chi connectivity index (χ4n) is 2.82. The molecule has 28 heavy (non-hydrogen) atoms. The van der Waals surface area contributed by atoms with Crippen LogP contribution >= 0.6 is 0 Å². The normalized spacial score (nSPS) is 14.2. The van der Waals surface area contributed by atoms with Gasteiger partial charge in [0.05, 0.1) is 19.3 Å². The highest BCUT2D eigenvalue weighted by Crippen LogP contribution is 2.18. The van der Waals surface area contributed by atoms with Gasteiger partial charge in [0.2, 0.25) is 0 Å². The first kappa shape index (κ1) is 21.9. The van der Waals surface area contributed by atoms with Gasteiger partial charge in [-0.3, -0.25) is 4.68 Å². The van der Waals surface area contributed by atoms with Crippen LogP contribution in [0.25, 0.3) is 0 Å². The molecule has 1 heterocycles. The monoisotopic (exact) mass is 386 g/mol. The average Bonchev–Trinajstić information content (AvgIpc) is 3.11. The average molecular weight is 387 g/mol. The second-order valence-corrected chi connectivity index (χ2v) is 7.38. The largest absolute Gasteiger partial charge is 0.383 e. The molecule has 0 radical (unpaired) electrons. The van der Waals surface area contributed by atoms with Crippen LogP contribution in [0.2, 0.25) is 0 Å². The molecule has 2 aromatic rings. The van der Waals surface area contributed by atoms with Gasteiger partial charge in [0.25, 0.3) is 0 Å². The van der Waals surface area contributed by atoms with Crippen LogP contribution in [0.5, 0.6) is 0 Å². The summed E-state index contributed by atoms with van der Waals surface area (Å²) in [7, 11) is 3.96. The summed E-state index contributed by atoms with van der Waals surface area (Å²) in [4.78, 5) is 6.95. The van der Waals surface area contributed by atoms with Gasteiger partial charge < -0.3 is 20.6 Å². The summed E-state index contributed by atoms with van der Waals surface area (Å²) in [6, 6.07) is 8.52. The minimum absolute atomic E-state index is 0.339. The van der Waals surface area contributed by atoms with Crippen molar-refractivity contribution in [3.8, 4) is 0 Å². The number of aliphatic imine (C=N–C) groups is 1. The molecular formula is C21H34N6O. The molecule has 0 aliphatic heterocycles. The third-order valence-corrected chi connectivity index (χ3v) is 4.67. The quantitative estimate of drug-likeness (QED) is 0.453. The molecule has 0 amide bonds. The highest BCUT2D eigenvalue weighted by Gasteiger charge is 2.24. The fraction of sp³-hybridized carbons (Fsp3) is 0.524. The van der Waals surface area contributed by atoms with Gasteiger partial charge in [0, 0.05) is 31.9 Å². The van der Waals surface area contributed by atoms with Crippen LogP contribution in [0.4, 0.5) is 0 Å². The van der Waals surface area contributed by atoms with Gasteiger partial charge >= 0.3 is 0 Å². The zero-order valence-corrected chi connectivity index (χ0v) is 17.7. The minimum atomic E-state index is -1.03. The van der Waals surface area contributed by atoms with Gasteiger partial charge in [-0.05, 0) is 38.6 Å². The number of nitrogens with one attached hydrogen (secondary N) is 2. The molecule has 0 saturated carbocycles. The van der Waals surface area contributed by atoms with Gasteiger partial charge in [-0.15, -0.1) is 0 Å². The summed E-state index contributed by atoms with van der Waals surface area (Å²) in [6.45, 7) is 9.57. The number of aryl methyl sites for hydroxylation is 1. The van der Waals surface area contributed by atoms with E-state index in [1.165, 1.54) is 11.1 Å². The van der Waals surface area contributed by atoms with E-state index in [0.717, 1.165) is 25.2 Å². The van der Waals surface area contributed by atoms with Crippen molar-refractivity contribution in [2.45, 2.75) is 39.5 Å². The van der Waals surface area contributed by atoms with Crippen LogP contribution in [0.15, 0.2) is 41.7 Å². The first-order chi connectivity index (χ1) is 13.3. The fourth-order valence-corrected chi connectivity index (χ4v) is 2.82. The predicted octanol–water partition coefficient (Wildman–Crippen LogP) is 1.83. The molecule has 1 aromatic heterocycles. The summed E-state index contributed by atoms with van der Waals surface area (Å²) in [5.74, 6) is 0.683. The smallest absolute Gasteiger partial charge is 0.191 e. The van der Waals surface area contributed by atoms with E-state index in [4.69, 9.17) is 0 Å². The van der Waals surface area contributed by atoms with Crippen molar-refractivity contribution in [3.63, 3.8) is 0 Å². The number of aromatic nitrogens is 2. The third-order valence-electron chi connectivity index (χ3n) is 4.67. The van der Waals surface area contributed by atoms with E-state index in [0.29, 0.717) is 19.0 Å². The summed E-state index contributed by atoms with van der Waals surface area (Å²) in [5.41, 5.74) is 2.19. The van der Waals surface area contributed by atoms with Crippen LogP contribution in [-0.4, -0.2) is 52.4 Å². The number of guanidine groups is 1. The lowest BCUT2D eigenvalue weighted by Crippen LogP contribution is -2.44. The Morgan fingerprint density at radius 2 is 2.04 bits per heavy atom. The maximum atomic E-state index is 10.7. The van der Waals surface area contributed by atoms with Crippen LogP contribution in [0.3, 0.4) is 0 Å².